The summed E-state index contributed by atoms with van der Waals surface area (Å²) in [6, 6.07) is 9.63. The van der Waals surface area contributed by atoms with Gasteiger partial charge in [0.05, 0.1) is 18.8 Å². The maximum Gasteiger partial charge on any atom is 0.344 e. The fourth-order valence-corrected chi connectivity index (χ4v) is 5.19. The van der Waals surface area contributed by atoms with E-state index in [0.29, 0.717) is 18.7 Å². The van der Waals surface area contributed by atoms with Gasteiger partial charge >= 0.3 is 5.97 Å². The minimum Gasteiger partial charge on any atom is -0.490 e. The first kappa shape index (κ1) is 22.9. The third-order valence-corrected chi connectivity index (χ3v) is 6.45. The summed E-state index contributed by atoms with van der Waals surface area (Å²) in [5.74, 6) is -1.20. The van der Waals surface area contributed by atoms with Crippen molar-refractivity contribution in [2.75, 3.05) is 19.7 Å². The number of ether oxygens (including phenoxy) is 2. The number of amides is 1. The number of carbonyl (C=O) groups is 2. The summed E-state index contributed by atoms with van der Waals surface area (Å²) in [6.07, 6.45) is 3.65. The fraction of sp³-hybridized carbons (Fsp3) is 0.435. The number of thioether (sulfide) groups is 1. The second-order valence-electron chi connectivity index (χ2n) is 7.52. The fourth-order valence-electron chi connectivity index (χ4n) is 3.67. The lowest BCUT2D eigenvalue weighted by Gasteiger charge is -2.30. The van der Waals surface area contributed by atoms with E-state index in [1.54, 1.807) is 13.0 Å². The molecule has 31 heavy (non-hydrogen) atoms. The van der Waals surface area contributed by atoms with E-state index in [9.17, 15) is 14.9 Å². The highest BCUT2D eigenvalue weighted by atomic mass is 32.2. The van der Waals surface area contributed by atoms with Crippen molar-refractivity contribution in [1.82, 2.24) is 10.6 Å². The zero-order chi connectivity index (χ0) is 22.4. The van der Waals surface area contributed by atoms with Crippen LogP contribution in [0.2, 0.25) is 0 Å². The second kappa shape index (κ2) is 10.0. The summed E-state index contributed by atoms with van der Waals surface area (Å²) in [5.41, 5.74) is 1.65. The van der Waals surface area contributed by atoms with Gasteiger partial charge in [0.1, 0.15) is 11.7 Å². The first-order chi connectivity index (χ1) is 14.9. The van der Waals surface area contributed by atoms with Crippen LogP contribution in [0.1, 0.15) is 32.8 Å². The van der Waals surface area contributed by atoms with Crippen molar-refractivity contribution in [2.45, 2.75) is 38.2 Å². The van der Waals surface area contributed by atoms with Crippen molar-refractivity contribution in [3.8, 4) is 11.8 Å². The zero-order valence-corrected chi connectivity index (χ0v) is 18.8. The van der Waals surface area contributed by atoms with E-state index in [0.717, 1.165) is 22.6 Å². The number of rotatable bonds is 7. The molecule has 2 heterocycles. The van der Waals surface area contributed by atoms with Crippen LogP contribution in [0.4, 0.5) is 0 Å². The molecule has 2 N–H and O–H groups in total. The summed E-state index contributed by atoms with van der Waals surface area (Å²) in [6.45, 7) is 7.03. The molecule has 0 fully saturated rings. The highest BCUT2D eigenvalue weighted by molar-refractivity contribution is 8.05. The summed E-state index contributed by atoms with van der Waals surface area (Å²) < 4.78 is 11.1. The van der Waals surface area contributed by atoms with Crippen molar-refractivity contribution >= 4 is 29.7 Å². The molecule has 164 valence electrons. The molecule has 0 radical (unpaired) electrons. The Kier molecular flexibility index (Phi) is 7.42. The molecule has 3 rings (SSSR count). The van der Waals surface area contributed by atoms with Gasteiger partial charge in [0.25, 0.3) is 0 Å². The summed E-state index contributed by atoms with van der Waals surface area (Å²) in [5, 5.41) is 15.9. The van der Waals surface area contributed by atoms with Gasteiger partial charge in [0.2, 0.25) is 10.8 Å². The van der Waals surface area contributed by atoms with Crippen molar-refractivity contribution in [1.29, 1.82) is 5.26 Å². The number of nitriles is 1. The quantitative estimate of drug-likeness (QED) is 0.495. The van der Waals surface area contributed by atoms with Crippen LogP contribution in [-0.4, -0.2) is 42.5 Å². The Hall–Kier alpha value is -2.76. The highest BCUT2D eigenvalue weighted by Gasteiger charge is 2.56. The lowest BCUT2D eigenvalue weighted by molar-refractivity contribution is -0.149. The largest absolute Gasteiger partial charge is 0.490 e. The molecule has 0 spiro atoms. The molecule has 0 saturated carbocycles. The Labute approximate surface area is 186 Å². The van der Waals surface area contributed by atoms with Crippen LogP contribution < -0.4 is 15.4 Å². The highest BCUT2D eigenvalue weighted by Crippen LogP contribution is 2.51. The van der Waals surface area contributed by atoms with Gasteiger partial charge < -0.3 is 20.1 Å². The van der Waals surface area contributed by atoms with E-state index in [1.807, 2.05) is 38.1 Å². The molecule has 1 amide bonds. The number of para-hydroxylation sites is 1. The van der Waals surface area contributed by atoms with Gasteiger partial charge in [-0.2, -0.15) is 5.26 Å². The Morgan fingerprint density at radius 3 is 2.90 bits per heavy atom. The maximum absolute atomic E-state index is 13.0. The topological polar surface area (TPSA) is 100 Å². The molecular formula is C23H27N3O4S. The SMILES string of the molecule is CCOC(=O)C1(NC(=O)C=Cc2ccccc2OC(C)C)SC2=C(CCNC2)C1C#N. The molecule has 0 saturated heterocycles. The molecule has 2 unspecified atom stereocenters. The average molecular weight is 442 g/mol. The van der Waals surface area contributed by atoms with Crippen LogP contribution in [0.5, 0.6) is 5.75 Å². The van der Waals surface area contributed by atoms with Gasteiger partial charge in [0, 0.05) is 23.1 Å². The van der Waals surface area contributed by atoms with E-state index in [-0.39, 0.29) is 12.7 Å². The van der Waals surface area contributed by atoms with Crippen molar-refractivity contribution in [3.63, 3.8) is 0 Å². The molecule has 0 aliphatic carbocycles. The molecule has 0 bridgehead atoms. The number of benzene rings is 1. The Morgan fingerprint density at radius 1 is 1.42 bits per heavy atom. The molecule has 0 aromatic heterocycles. The van der Waals surface area contributed by atoms with Gasteiger partial charge in [0.15, 0.2) is 0 Å². The van der Waals surface area contributed by atoms with Crippen molar-refractivity contribution in [3.05, 3.63) is 46.4 Å². The molecule has 8 heteroatoms. The van der Waals surface area contributed by atoms with E-state index >= 15 is 0 Å². The monoisotopic (exact) mass is 441 g/mol. The van der Waals surface area contributed by atoms with Crippen LogP contribution in [0.25, 0.3) is 6.08 Å². The van der Waals surface area contributed by atoms with Gasteiger partial charge in [-0.05, 0) is 51.5 Å². The van der Waals surface area contributed by atoms with Crippen molar-refractivity contribution < 1.29 is 19.1 Å². The summed E-state index contributed by atoms with van der Waals surface area (Å²) in [4.78, 5) is 25.3. The summed E-state index contributed by atoms with van der Waals surface area (Å²) in [7, 11) is 0. The third kappa shape index (κ3) is 4.94. The van der Waals surface area contributed by atoms with Crippen LogP contribution in [0, 0.1) is 17.2 Å². The predicted molar refractivity (Wildman–Crippen MR) is 120 cm³/mol. The van der Waals surface area contributed by atoms with E-state index in [1.165, 1.54) is 17.8 Å². The molecule has 2 aliphatic heterocycles. The first-order valence-corrected chi connectivity index (χ1v) is 11.2. The van der Waals surface area contributed by atoms with Gasteiger partial charge in [-0.1, -0.05) is 30.0 Å². The van der Waals surface area contributed by atoms with Crippen LogP contribution in [0.3, 0.4) is 0 Å². The number of nitrogens with one attached hydrogen (secondary N) is 2. The van der Waals surface area contributed by atoms with Crippen LogP contribution in [-0.2, 0) is 14.3 Å². The van der Waals surface area contributed by atoms with Gasteiger partial charge in [-0.15, -0.1) is 0 Å². The Balaban J connectivity index is 1.85. The van der Waals surface area contributed by atoms with Crippen molar-refractivity contribution in [2.24, 2.45) is 5.92 Å². The number of hydrogen-bond donors (Lipinski definition) is 2. The predicted octanol–water partition coefficient (Wildman–Crippen LogP) is 3.00. The number of hydrogen-bond acceptors (Lipinski definition) is 7. The molecule has 2 atom stereocenters. The molecule has 1 aromatic carbocycles. The first-order valence-electron chi connectivity index (χ1n) is 10.4. The number of nitrogens with zero attached hydrogens (tertiary/aromatic N) is 1. The second-order valence-corrected chi connectivity index (χ2v) is 8.86. The average Bonchev–Trinajstić information content (AvgIpc) is 3.06. The smallest absolute Gasteiger partial charge is 0.344 e. The van der Waals surface area contributed by atoms with Gasteiger partial charge in [-0.25, -0.2) is 4.79 Å². The normalized spacial score (nSPS) is 22.9. The molecule has 7 nitrogen and oxygen atoms in total. The molecule has 1 aromatic rings. The van der Waals surface area contributed by atoms with Crippen LogP contribution in [0.15, 0.2) is 40.8 Å². The van der Waals surface area contributed by atoms with Gasteiger partial charge in [-0.3, -0.25) is 4.79 Å². The zero-order valence-electron chi connectivity index (χ0n) is 17.9. The van der Waals surface area contributed by atoms with E-state index < -0.39 is 22.7 Å². The third-order valence-electron chi connectivity index (χ3n) is 4.97. The lowest BCUT2D eigenvalue weighted by Crippen LogP contribution is -2.55. The molecular weight excluding hydrogens is 414 g/mol. The lowest BCUT2D eigenvalue weighted by atomic mass is 9.88. The Morgan fingerprint density at radius 2 is 2.19 bits per heavy atom. The van der Waals surface area contributed by atoms with E-state index in [4.69, 9.17) is 9.47 Å². The molecule has 2 aliphatic rings. The number of esters is 1. The number of carbonyl (C=O) groups excluding carboxylic acids is 2. The standard InChI is InChI=1S/C23H27N3O4S/c1-4-29-22(28)23(18(13-24)17-11-12-25-14-20(17)31-23)26-21(27)10-9-16-7-5-6-8-19(16)30-15(2)3/h5-10,15,18,25H,4,11-12,14H2,1-3H3,(H,26,27). The van der Waals surface area contributed by atoms with Crippen LogP contribution >= 0.6 is 11.8 Å². The summed E-state index contributed by atoms with van der Waals surface area (Å²) >= 11 is 1.21. The maximum atomic E-state index is 13.0. The minimum atomic E-state index is -1.49. The minimum absolute atomic E-state index is 0.00672. The van der Waals surface area contributed by atoms with E-state index in [2.05, 4.69) is 16.7 Å². The Bertz CT molecular complexity index is 950.